The molecule has 0 saturated heterocycles. The van der Waals surface area contributed by atoms with E-state index in [1.807, 2.05) is 0 Å². The van der Waals surface area contributed by atoms with Gasteiger partial charge in [-0.05, 0) is 30.8 Å². The highest BCUT2D eigenvalue weighted by Crippen LogP contribution is 2.24. The molecule has 96 valence electrons. The smallest absolute Gasteiger partial charge is 0.401 e. The van der Waals surface area contributed by atoms with Crippen LogP contribution in [-0.4, -0.2) is 31.8 Å². The molecule has 0 aliphatic carbocycles. The second-order valence-electron chi connectivity index (χ2n) is 3.74. The van der Waals surface area contributed by atoms with Crippen LogP contribution in [0.5, 0.6) is 5.75 Å². The maximum Gasteiger partial charge on any atom is 0.401 e. The van der Waals surface area contributed by atoms with Gasteiger partial charge in [0.2, 0.25) is 0 Å². The van der Waals surface area contributed by atoms with E-state index in [4.69, 9.17) is 4.74 Å². The van der Waals surface area contributed by atoms with Crippen molar-refractivity contribution in [3.63, 3.8) is 0 Å². The van der Waals surface area contributed by atoms with Crippen LogP contribution in [0, 0.1) is 0 Å². The number of halogens is 4. The third kappa shape index (κ3) is 4.95. The molecular formula is C11H13BrF3NO. The SMILES string of the molecule is COc1ccc(Br)c(CN(C)CC(F)(F)F)c1. The van der Waals surface area contributed by atoms with E-state index in [-0.39, 0.29) is 6.54 Å². The average molecular weight is 312 g/mol. The van der Waals surface area contributed by atoms with Gasteiger partial charge in [-0.25, -0.2) is 0 Å². The van der Waals surface area contributed by atoms with Gasteiger partial charge < -0.3 is 4.74 Å². The van der Waals surface area contributed by atoms with Crippen molar-refractivity contribution in [2.75, 3.05) is 20.7 Å². The highest BCUT2D eigenvalue weighted by atomic mass is 79.9. The van der Waals surface area contributed by atoms with Gasteiger partial charge in [-0.15, -0.1) is 0 Å². The van der Waals surface area contributed by atoms with Crippen LogP contribution >= 0.6 is 15.9 Å². The van der Waals surface area contributed by atoms with Crippen molar-refractivity contribution in [3.05, 3.63) is 28.2 Å². The van der Waals surface area contributed by atoms with E-state index in [2.05, 4.69) is 15.9 Å². The normalized spacial score (nSPS) is 11.9. The Kier molecular flexibility index (Phi) is 4.82. The summed E-state index contributed by atoms with van der Waals surface area (Å²) in [5, 5.41) is 0. The molecule has 0 unspecified atom stereocenters. The van der Waals surface area contributed by atoms with Crippen molar-refractivity contribution in [1.29, 1.82) is 0 Å². The molecule has 0 amide bonds. The molecule has 0 aliphatic rings. The largest absolute Gasteiger partial charge is 0.497 e. The van der Waals surface area contributed by atoms with Crippen molar-refractivity contribution in [1.82, 2.24) is 4.90 Å². The molecule has 1 aromatic rings. The third-order valence-corrected chi connectivity index (χ3v) is 2.92. The molecule has 0 N–H and O–H groups in total. The van der Waals surface area contributed by atoms with Gasteiger partial charge >= 0.3 is 6.18 Å². The summed E-state index contributed by atoms with van der Waals surface area (Å²) in [5.41, 5.74) is 0.760. The molecule has 0 fully saturated rings. The van der Waals surface area contributed by atoms with E-state index in [9.17, 15) is 13.2 Å². The Balaban J connectivity index is 2.73. The maximum absolute atomic E-state index is 12.2. The molecule has 17 heavy (non-hydrogen) atoms. The number of nitrogens with zero attached hydrogens (tertiary/aromatic N) is 1. The number of benzene rings is 1. The predicted octanol–water partition coefficient (Wildman–Crippen LogP) is 3.45. The van der Waals surface area contributed by atoms with Gasteiger partial charge in [0.25, 0.3) is 0 Å². The average Bonchev–Trinajstić information content (AvgIpc) is 2.18. The van der Waals surface area contributed by atoms with Crippen LogP contribution in [0.1, 0.15) is 5.56 Å². The summed E-state index contributed by atoms with van der Waals surface area (Å²) in [6.45, 7) is -0.728. The molecule has 0 spiro atoms. The lowest BCUT2D eigenvalue weighted by atomic mass is 10.2. The lowest BCUT2D eigenvalue weighted by Crippen LogP contribution is -2.30. The summed E-state index contributed by atoms with van der Waals surface area (Å²) in [7, 11) is 2.95. The number of alkyl halides is 3. The lowest BCUT2D eigenvalue weighted by Gasteiger charge is -2.19. The molecule has 2 nitrogen and oxygen atoms in total. The Hall–Kier alpha value is -0.750. The van der Waals surface area contributed by atoms with Crippen LogP contribution in [0.2, 0.25) is 0 Å². The van der Waals surface area contributed by atoms with Crippen LogP contribution in [0.4, 0.5) is 13.2 Å². The first-order valence-electron chi connectivity index (χ1n) is 4.89. The molecule has 0 bridgehead atoms. The van der Waals surface area contributed by atoms with Gasteiger partial charge in [0.1, 0.15) is 5.75 Å². The number of hydrogen-bond donors (Lipinski definition) is 0. The summed E-state index contributed by atoms with van der Waals surface area (Å²) >= 11 is 3.30. The molecule has 6 heteroatoms. The minimum absolute atomic E-state index is 0.206. The fourth-order valence-corrected chi connectivity index (χ4v) is 1.82. The van der Waals surface area contributed by atoms with E-state index >= 15 is 0 Å². The first-order valence-corrected chi connectivity index (χ1v) is 5.69. The van der Waals surface area contributed by atoms with Crippen LogP contribution in [0.3, 0.4) is 0 Å². The fraction of sp³-hybridized carbons (Fsp3) is 0.455. The zero-order valence-corrected chi connectivity index (χ0v) is 11.1. The summed E-state index contributed by atoms with van der Waals surface area (Å²) < 4.78 is 42.3. The number of rotatable bonds is 4. The Morgan fingerprint density at radius 2 is 2.00 bits per heavy atom. The minimum atomic E-state index is -4.18. The standard InChI is InChI=1S/C11H13BrF3NO/c1-16(7-11(13,14)15)6-8-5-9(17-2)3-4-10(8)12/h3-5H,6-7H2,1-2H3. The van der Waals surface area contributed by atoms with Gasteiger partial charge in [-0.3, -0.25) is 4.90 Å². The van der Waals surface area contributed by atoms with E-state index in [1.165, 1.54) is 19.1 Å². The second-order valence-corrected chi connectivity index (χ2v) is 4.60. The fourth-order valence-electron chi connectivity index (χ4n) is 1.45. The quantitative estimate of drug-likeness (QED) is 0.844. The third-order valence-electron chi connectivity index (χ3n) is 2.14. The van der Waals surface area contributed by atoms with E-state index < -0.39 is 12.7 Å². The predicted molar refractivity (Wildman–Crippen MR) is 63.1 cm³/mol. The van der Waals surface area contributed by atoms with Gasteiger partial charge in [-0.1, -0.05) is 15.9 Å². The highest BCUT2D eigenvalue weighted by molar-refractivity contribution is 9.10. The Morgan fingerprint density at radius 1 is 1.35 bits per heavy atom. The van der Waals surface area contributed by atoms with Crippen molar-refractivity contribution in [2.45, 2.75) is 12.7 Å². The zero-order valence-electron chi connectivity index (χ0n) is 9.51. The van der Waals surface area contributed by atoms with Crippen molar-refractivity contribution >= 4 is 15.9 Å². The van der Waals surface area contributed by atoms with Gasteiger partial charge in [0, 0.05) is 11.0 Å². The summed E-state index contributed by atoms with van der Waals surface area (Å²) in [5.74, 6) is 0.628. The van der Waals surface area contributed by atoms with E-state index in [1.54, 1.807) is 18.2 Å². The first kappa shape index (κ1) is 14.3. The van der Waals surface area contributed by atoms with Crippen LogP contribution in [0.25, 0.3) is 0 Å². The highest BCUT2D eigenvalue weighted by Gasteiger charge is 2.29. The van der Waals surface area contributed by atoms with Crippen molar-refractivity contribution in [2.24, 2.45) is 0 Å². The molecule has 0 aromatic heterocycles. The van der Waals surface area contributed by atoms with Gasteiger partial charge in [-0.2, -0.15) is 13.2 Å². The summed E-state index contributed by atoms with van der Waals surface area (Å²) in [6, 6.07) is 5.23. The number of methoxy groups -OCH3 is 1. The minimum Gasteiger partial charge on any atom is -0.497 e. The zero-order chi connectivity index (χ0) is 13.1. The number of hydrogen-bond acceptors (Lipinski definition) is 2. The van der Waals surface area contributed by atoms with Crippen molar-refractivity contribution in [3.8, 4) is 5.75 Å². The number of ether oxygens (including phenoxy) is 1. The maximum atomic E-state index is 12.2. The van der Waals surface area contributed by atoms with Gasteiger partial charge in [0.05, 0.1) is 13.7 Å². The van der Waals surface area contributed by atoms with Crippen molar-refractivity contribution < 1.29 is 17.9 Å². The molecule has 0 aliphatic heterocycles. The monoisotopic (exact) mass is 311 g/mol. The van der Waals surface area contributed by atoms with Crippen LogP contribution in [0.15, 0.2) is 22.7 Å². The second kappa shape index (κ2) is 5.73. The van der Waals surface area contributed by atoms with Gasteiger partial charge in [0.15, 0.2) is 0 Å². The van der Waals surface area contributed by atoms with E-state index in [0.29, 0.717) is 5.75 Å². The van der Waals surface area contributed by atoms with Crippen LogP contribution in [-0.2, 0) is 6.54 Å². The summed E-state index contributed by atoms with van der Waals surface area (Å²) in [4.78, 5) is 1.21. The Bertz CT molecular complexity index is 381. The Morgan fingerprint density at radius 3 is 2.53 bits per heavy atom. The molecule has 0 atom stereocenters. The molecule has 0 saturated carbocycles. The van der Waals surface area contributed by atoms with E-state index in [0.717, 1.165) is 10.0 Å². The Labute approximate surface area is 106 Å². The topological polar surface area (TPSA) is 12.5 Å². The first-order chi connectivity index (χ1) is 7.81. The molecule has 1 aromatic carbocycles. The summed E-state index contributed by atoms with van der Waals surface area (Å²) in [6.07, 6.45) is -4.18. The van der Waals surface area contributed by atoms with Crippen LogP contribution < -0.4 is 4.74 Å². The molecule has 0 radical (unpaired) electrons. The molecule has 1 rings (SSSR count). The molecule has 0 heterocycles. The lowest BCUT2D eigenvalue weighted by molar-refractivity contribution is -0.144. The molecular weight excluding hydrogens is 299 g/mol.